The molecular weight excluding hydrogens is 569 g/mol. The predicted molar refractivity (Wildman–Crippen MR) is 163 cm³/mol. The van der Waals surface area contributed by atoms with Crippen LogP contribution in [0.2, 0.25) is 5.02 Å². The first-order valence-corrected chi connectivity index (χ1v) is 15.0. The minimum Gasteiger partial charge on any atom is -0.369 e. The Bertz CT molecular complexity index is 1640. The molecule has 4 N–H and O–H groups in total. The Hall–Kier alpha value is -4.27. The summed E-state index contributed by atoms with van der Waals surface area (Å²) in [6.07, 6.45) is 6.39. The highest BCUT2D eigenvalue weighted by Crippen LogP contribution is 2.38. The molecule has 1 saturated carbocycles. The van der Waals surface area contributed by atoms with Crippen LogP contribution in [0.1, 0.15) is 55.7 Å². The highest BCUT2D eigenvalue weighted by atomic mass is 35.5. The minimum atomic E-state index is -0.661. The van der Waals surface area contributed by atoms with Crippen molar-refractivity contribution in [3.63, 3.8) is 0 Å². The molecule has 1 saturated heterocycles. The zero-order valence-corrected chi connectivity index (χ0v) is 24.4. The molecule has 2 fully saturated rings. The van der Waals surface area contributed by atoms with E-state index >= 15 is 4.39 Å². The summed E-state index contributed by atoms with van der Waals surface area (Å²) in [5, 5.41) is 15.9. The molecule has 0 unspecified atom stereocenters. The van der Waals surface area contributed by atoms with E-state index in [2.05, 4.69) is 44.8 Å². The number of nitrogens with one attached hydrogen (secondary N) is 2. The molecule has 0 bridgehead atoms. The lowest BCUT2D eigenvalue weighted by Gasteiger charge is -2.33. The summed E-state index contributed by atoms with van der Waals surface area (Å²) in [6, 6.07) is 15.0. The number of nitrogens with two attached hydrogens (primary N) is 1. The van der Waals surface area contributed by atoms with Crippen LogP contribution >= 0.6 is 11.6 Å². The molecule has 3 heterocycles. The van der Waals surface area contributed by atoms with E-state index < -0.39 is 5.82 Å². The topological polar surface area (TPSA) is 138 Å². The smallest absolute Gasteiger partial charge is 0.225 e. The van der Waals surface area contributed by atoms with Gasteiger partial charge >= 0.3 is 0 Å². The number of halogens is 2. The highest BCUT2D eigenvalue weighted by Gasteiger charge is 2.30. The summed E-state index contributed by atoms with van der Waals surface area (Å²) in [6.45, 7) is 2.80. The summed E-state index contributed by atoms with van der Waals surface area (Å²) < 4.78 is 17.0. The standard InChI is InChI=1S/C31H33ClFN9O/c32-24-13-20(15-34)14-25(33)27(24)39-31-38-26-16-36-30(40-29(26)42(31)23-10-8-21(9-11-23)28(35)43)37-22-7-4-12-41(18-22)17-19-5-2-1-3-6-19/h1-3,5-6,13-14,16,21-23H,4,7-12,17-18H2,(H2,35,43)(H,38,39)(H,36,37,40)/t21-,22-,23-/m1/s1. The number of imidazole rings is 1. The van der Waals surface area contributed by atoms with Crippen molar-refractivity contribution in [1.29, 1.82) is 5.26 Å². The first-order chi connectivity index (χ1) is 20.9. The number of rotatable bonds is 8. The molecule has 6 rings (SSSR count). The van der Waals surface area contributed by atoms with E-state index in [4.69, 9.17) is 27.3 Å². The lowest BCUT2D eigenvalue weighted by molar-refractivity contribution is -0.122. The third-order valence-corrected chi connectivity index (χ3v) is 8.69. The number of piperidine rings is 1. The van der Waals surface area contributed by atoms with E-state index in [9.17, 15) is 10.1 Å². The van der Waals surface area contributed by atoms with Crippen LogP contribution in [0.5, 0.6) is 0 Å². The summed E-state index contributed by atoms with van der Waals surface area (Å²) in [5.41, 5.74) is 8.17. The lowest BCUT2D eigenvalue weighted by atomic mass is 9.85. The molecule has 1 atom stereocenters. The molecule has 2 aliphatic rings. The number of carbonyl (C=O) groups is 1. The van der Waals surface area contributed by atoms with E-state index in [0.29, 0.717) is 48.7 Å². The average molecular weight is 602 g/mol. The van der Waals surface area contributed by atoms with Crippen molar-refractivity contribution in [2.75, 3.05) is 23.7 Å². The fraction of sp³-hybridized carbons (Fsp3) is 0.387. The molecule has 10 nitrogen and oxygen atoms in total. The van der Waals surface area contributed by atoms with Crippen molar-refractivity contribution in [2.24, 2.45) is 11.7 Å². The lowest BCUT2D eigenvalue weighted by Crippen LogP contribution is -2.41. The first kappa shape index (κ1) is 28.8. The van der Waals surface area contributed by atoms with Gasteiger partial charge in [-0.25, -0.2) is 14.4 Å². The number of anilines is 3. The molecule has 2 aromatic carbocycles. The van der Waals surface area contributed by atoms with Gasteiger partial charge in [-0.1, -0.05) is 41.9 Å². The fourth-order valence-corrected chi connectivity index (χ4v) is 6.48. The Morgan fingerprint density at radius 1 is 1.14 bits per heavy atom. The second kappa shape index (κ2) is 12.5. The zero-order valence-electron chi connectivity index (χ0n) is 23.6. The van der Waals surface area contributed by atoms with Gasteiger partial charge in [0.25, 0.3) is 0 Å². The molecular formula is C31H33ClFN9O. The predicted octanol–water partition coefficient (Wildman–Crippen LogP) is 5.53. The van der Waals surface area contributed by atoms with Gasteiger partial charge in [0, 0.05) is 31.1 Å². The van der Waals surface area contributed by atoms with Crippen LogP contribution in [-0.4, -0.2) is 49.5 Å². The van der Waals surface area contributed by atoms with Gasteiger partial charge in [0.2, 0.25) is 17.8 Å². The third kappa shape index (κ3) is 6.40. The normalized spacial score (nSPS) is 20.9. The largest absolute Gasteiger partial charge is 0.369 e. The van der Waals surface area contributed by atoms with Crippen LogP contribution < -0.4 is 16.4 Å². The number of nitrogens with zero attached hydrogens (tertiary/aromatic N) is 6. The fourth-order valence-electron chi connectivity index (χ4n) is 6.22. The number of likely N-dealkylation sites (tertiary alicyclic amines) is 1. The maximum absolute atomic E-state index is 15.0. The highest BCUT2D eigenvalue weighted by molar-refractivity contribution is 6.33. The Morgan fingerprint density at radius 3 is 2.65 bits per heavy atom. The number of fused-ring (bicyclic) bond motifs is 1. The number of primary amides is 1. The monoisotopic (exact) mass is 601 g/mol. The van der Waals surface area contributed by atoms with Gasteiger partial charge in [-0.15, -0.1) is 0 Å². The molecule has 1 aliphatic heterocycles. The number of aromatic nitrogens is 4. The summed E-state index contributed by atoms with van der Waals surface area (Å²) >= 11 is 6.37. The molecule has 43 heavy (non-hydrogen) atoms. The number of hydrogen-bond acceptors (Lipinski definition) is 8. The van der Waals surface area contributed by atoms with E-state index in [1.807, 2.05) is 16.7 Å². The number of amides is 1. The molecule has 0 radical (unpaired) electrons. The number of hydrogen-bond donors (Lipinski definition) is 3. The quantitative estimate of drug-likeness (QED) is 0.240. The maximum atomic E-state index is 15.0. The summed E-state index contributed by atoms with van der Waals surface area (Å²) in [7, 11) is 0. The van der Waals surface area contributed by atoms with Crippen molar-refractivity contribution in [3.8, 4) is 6.07 Å². The second-order valence-corrected chi connectivity index (χ2v) is 11.8. The summed E-state index contributed by atoms with van der Waals surface area (Å²) in [4.78, 5) is 28.5. The van der Waals surface area contributed by atoms with Crippen molar-refractivity contribution in [3.05, 3.63) is 70.6 Å². The van der Waals surface area contributed by atoms with E-state index in [1.165, 1.54) is 11.6 Å². The van der Waals surface area contributed by atoms with Gasteiger partial charge < -0.3 is 16.4 Å². The van der Waals surface area contributed by atoms with Crippen molar-refractivity contribution in [1.82, 2.24) is 24.4 Å². The van der Waals surface area contributed by atoms with Crippen LogP contribution in [0, 0.1) is 23.1 Å². The van der Waals surface area contributed by atoms with Crippen LogP contribution in [0.3, 0.4) is 0 Å². The first-order valence-electron chi connectivity index (χ1n) is 14.6. The molecule has 12 heteroatoms. The molecule has 222 valence electrons. The molecule has 4 aromatic rings. The van der Waals surface area contributed by atoms with Crippen LogP contribution in [0.25, 0.3) is 11.2 Å². The zero-order chi connectivity index (χ0) is 29.9. The Balaban J connectivity index is 1.29. The molecule has 0 spiro atoms. The van der Waals surface area contributed by atoms with E-state index in [-0.39, 0.29) is 40.2 Å². The Morgan fingerprint density at radius 2 is 1.93 bits per heavy atom. The van der Waals surface area contributed by atoms with Crippen molar-refractivity contribution >= 4 is 46.3 Å². The number of nitriles is 1. The van der Waals surface area contributed by atoms with Crippen molar-refractivity contribution in [2.45, 2.75) is 57.2 Å². The SMILES string of the molecule is N#Cc1cc(F)c(Nc2nc3cnc(N[C@@H]4CCCN(Cc5ccccc5)C4)nc3n2[C@H]2CC[C@H](C(N)=O)CC2)c(Cl)c1. The van der Waals surface area contributed by atoms with Gasteiger partial charge in [0.15, 0.2) is 5.65 Å². The van der Waals surface area contributed by atoms with Crippen LogP contribution in [0.15, 0.2) is 48.7 Å². The summed E-state index contributed by atoms with van der Waals surface area (Å²) in [5.74, 6) is -0.265. The van der Waals surface area contributed by atoms with Gasteiger partial charge in [0.05, 0.1) is 28.5 Å². The second-order valence-electron chi connectivity index (χ2n) is 11.4. The Labute approximate surface area is 254 Å². The molecule has 2 aromatic heterocycles. The third-order valence-electron chi connectivity index (χ3n) is 8.39. The Kier molecular flexibility index (Phi) is 8.40. The van der Waals surface area contributed by atoms with E-state index in [0.717, 1.165) is 38.5 Å². The van der Waals surface area contributed by atoms with Crippen LogP contribution in [-0.2, 0) is 11.3 Å². The number of carbonyl (C=O) groups excluding carboxylic acids is 1. The minimum absolute atomic E-state index is 0.0232. The molecule has 1 aliphatic carbocycles. The molecule has 1 amide bonds. The number of benzene rings is 2. The van der Waals surface area contributed by atoms with Gasteiger partial charge in [-0.05, 0) is 62.8 Å². The van der Waals surface area contributed by atoms with Gasteiger partial charge in [0.1, 0.15) is 11.3 Å². The van der Waals surface area contributed by atoms with Gasteiger partial charge in [-0.3, -0.25) is 14.3 Å². The van der Waals surface area contributed by atoms with E-state index in [1.54, 1.807) is 6.20 Å². The maximum Gasteiger partial charge on any atom is 0.225 e. The van der Waals surface area contributed by atoms with Crippen LogP contribution in [0.4, 0.5) is 22.0 Å². The average Bonchev–Trinajstić information content (AvgIpc) is 3.36. The van der Waals surface area contributed by atoms with Crippen molar-refractivity contribution < 1.29 is 9.18 Å². The van der Waals surface area contributed by atoms with Gasteiger partial charge in [-0.2, -0.15) is 10.2 Å².